The van der Waals surface area contributed by atoms with Gasteiger partial charge in [0.2, 0.25) is 5.91 Å². The van der Waals surface area contributed by atoms with Gasteiger partial charge in [0, 0.05) is 6.20 Å². The van der Waals surface area contributed by atoms with Gasteiger partial charge in [-0.25, -0.2) is 4.39 Å². The lowest BCUT2D eigenvalue weighted by Crippen LogP contribution is -2.30. The Kier molecular flexibility index (Phi) is 5.32. The number of hydrogen-bond acceptors (Lipinski definition) is 4. The standard InChI is InChI=1S/C14H14BrFN4O3/c1-8(23-12-3-2-9(16)4-11(12)15)14(22)19-10-5-18-20(6-10)7-13(17)21/h2-6,8H,7H2,1H3,(H2,17,21)(H,19,22). The van der Waals surface area contributed by atoms with Crippen molar-refractivity contribution in [2.45, 2.75) is 19.6 Å². The summed E-state index contributed by atoms with van der Waals surface area (Å²) in [5.74, 6) is -1.02. The first-order valence-electron chi connectivity index (χ1n) is 6.58. The Morgan fingerprint density at radius 2 is 2.26 bits per heavy atom. The smallest absolute Gasteiger partial charge is 0.265 e. The summed E-state index contributed by atoms with van der Waals surface area (Å²) in [5, 5.41) is 6.49. The summed E-state index contributed by atoms with van der Waals surface area (Å²) in [4.78, 5) is 22.9. The number of rotatable bonds is 6. The van der Waals surface area contributed by atoms with Crippen LogP contribution >= 0.6 is 15.9 Å². The maximum Gasteiger partial charge on any atom is 0.265 e. The molecule has 0 fully saturated rings. The second-order valence-electron chi connectivity index (χ2n) is 4.72. The van der Waals surface area contributed by atoms with Crippen LogP contribution < -0.4 is 15.8 Å². The summed E-state index contributed by atoms with van der Waals surface area (Å²) in [5.41, 5.74) is 5.46. The van der Waals surface area contributed by atoms with Gasteiger partial charge in [-0.3, -0.25) is 14.3 Å². The van der Waals surface area contributed by atoms with Gasteiger partial charge in [-0.2, -0.15) is 5.10 Å². The number of carbonyl (C=O) groups excluding carboxylic acids is 2. The van der Waals surface area contributed by atoms with Gasteiger partial charge < -0.3 is 15.8 Å². The first-order valence-corrected chi connectivity index (χ1v) is 7.38. The largest absolute Gasteiger partial charge is 0.480 e. The van der Waals surface area contributed by atoms with Crippen molar-refractivity contribution in [2.24, 2.45) is 5.73 Å². The SMILES string of the molecule is CC(Oc1ccc(F)cc1Br)C(=O)Nc1cnn(CC(N)=O)c1. The van der Waals surface area contributed by atoms with Gasteiger partial charge in [0.1, 0.15) is 18.1 Å². The molecule has 0 aliphatic carbocycles. The highest BCUT2D eigenvalue weighted by atomic mass is 79.9. The molecule has 7 nitrogen and oxygen atoms in total. The maximum atomic E-state index is 13.0. The Bertz CT molecular complexity index is 735. The highest BCUT2D eigenvalue weighted by molar-refractivity contribution is 9.10. The van der Waals surface area contributed by atoms with E-state index in [9.17, 15) is 14.0 Å². The molecule has 0 aliphatic heterocycles. The van der Waals surface area contributed by atoms with E-state index in [4.69, 9.17) is 10.5 Å². The molecule has 0 aliphatic rings. The van der Waals surface area contributed by atoms with Crippen molar-refractivity contribution < 1.29 is 18.7 Å². The molecule has 1 aromatic heterocycles. The topological polar surface area (TPSA) is 99.2 Å². The van der Waals surface area contributed by atoms with E-state index in [1.54, 1.807) is 6.92 Å². The summed E-state index contributed by atoms with van der Waals surface area (Å²) in [6.45, 7) is 1.48. The molecule has 0 saturated carbocycles. The number of amides is 2. The number of nitrogens with zero attached hydrogens (tertiary/aromatic N) is 2. The number of nitrogens with one attached hydrogen (secondary N) is 1. The van der Waals surface area contributed by atoms with Crippen molar-refractivity contribution in [3.63, 3.8) is 0 Å². The van der Waals surface area contributed by atoms with Crippen LogP contribution in [0.4, 0.5) is 10.1 Å². The quantitative estimate of drug-likeness (QED) is 0.790. The molecule has 0 spiro atoms. The third-order valence-corrected chi connectivity index (χ3v) is 3.41. The van der Waals surface area contributed by atoms with Gasteiger partial charge in [-0.1, -0.05) is 0 Å². The molecule has 1 heterocycles. The van der Waals surface area contributed by atoms with Crippen molar-refractivity contribution in [3.8, 4) is 5.75 Å². The molecule has 23 heavy (non-hydrogen) atoms. The number of carbonyl (C=O) groups is 2. The lowest BCUT2D eigenvalue weighted by atomic mass is 10.3. The van der Waals surface area contributed by atoms with Gasteiger partial charge in [-0.05, 0) is 41.1 Å². The average Bonchev–Trinajstić information content (AvgIpc) is 2.88. The van der Waals surface area contributed by atoms with Gasteiger partial charge in [0.05, 0.1) is 16.4 Å². The van der Waals surface area contributed by atoms with Crippen LogP contribution in [0.5, 0.6) is 5.75 Å². The lowest BCUT2D eigenvalue weighted by Gasteiger charge is -2.15. The fourth-order valence-electron chi connectivity index (χ4n) is 1.73. The number of primary amides is 1. The minimum absolute atomic E-state index is 0.0789. The number of halogens is 2. The Morgan fingerprint density at radius 3 is 2.91 bits per heavy atom. The van der Waals surface area contributed by atoms with E-state index in [1.165, 1.54) is 35.3 Å². The molecule has 3 N–H and O–H groups in total. The van der Waals surface area contributed by atoms with Crippen molar-refractivity contribution in [1.82, 2.24) is 9.78 Å². The summed E-state index contributed by atoms with van der Waals surface area (Å²) in [6, 6.07) is 3.90. The predicted molar refractivity (Wildman–Crippen MR) is 84.2 cm³/mol. The minimum atomic E-state index is -0.823. The Hall–Kier alpha value is -2.42. The Balaban J connectivity index is 1.97. The first-order chi connectivity index (χ1) is 10.8. The van der Waals surface area contributed by atoms with Crippen LogP contribution in [0.3, 0.4) is 0 Å². The molecule has 122 valence electrons. The minimum Gasteiger partial charge on any atom is -0.480 e. The molecule has 2 rings (SSSR count). The van der Waals surface area contributed by atoms with Crippen molar-refractivity contribution in [1.29, 1.82) is 0 Å². The average molecular weight is 385 g/mol. The monoisotopic (exact) mass is 384 g/mol. The molecule has 1 aromatic carbocycles. The predicted octanol–water partition coefficient (Wildman–Crippen LogP) is 1.68. The summed E-state index contributed by atoms with van der Waals surface area (Å²) >= 11 is 3.16. The Labute approximate surface area is 139 Å². The van der Waals surface area contributed by atoms with Crippen LogP contribution in [-0.4, -0.2) is 27.7 Å². The van der Waals surface area contributed by atoms with Gasteiger partial charge in [-0.15, -0.1) is 0 Å². The van der Waals surface area contributed by atoms with Gasteiger partial charge in [0.25, 0.3) is 5.91 Å². The van der Waals surface area contributed by atoms with Crippen LogP contribution in [0.25, 0.3) is 0 Å². The molecule has 9 heteroatoms. The van der Waals surface area contributed by atoms with Crippen molar-refractivity contribution in [3.05, 3.63) is 40.9 Å². The first kappa shape index (κ1) is 16.9. The van der Waals surface area contributed by atoms with E-state index in [0.717, 1.165) is 0 Å². The summed E-state index contributed by atoms with van der Waals surface area (Å²) < 4.78 is 20.2. The normalized spacial score (nSPS) is 11.8. The molecule has 2 amide bonds. The van der Waals surface area contributed by atoms with Crippen LogP contribution in [-0.2, 0) is 16.1 Å². The fourth-order valence-corrected chi connectivity index (χ4v) is 2.18. The lowest BCUT2D eigenvalue weighted by molar-refractivity contribution is -0.122. The second kappa shape index (κ2) is 7.23. The van der Waals surface area contributed by atoms with E-state index in [0.29, 0.717) is 15.9 Å². The molecule has 1 atom stereocenters. The zero-order chi connectivity index (χ0) is 17.0. The van der Waals surface area contributed by atoms with Gasteiger partial charge in [0.15, 0.2) is 6.10 Å². The van der Waals surface area contributed by atoms with Crippen molar-refractivity contribution >= 4 is 33.4 Å². The molecule has 0 saturated heterocycles. The highest BCUT2D eigenvalue weighted by Crippen LogP contribution is 2.26. The molecular formula is C14H14BrFN4O3. The van der Waals surface area contributed by atoms with E-state index < -0.39 is 23.7 Å². The van der Waals surface area contributed by atoms with Crippen LogP contribution in [0, 0.1) is 5.82 Å². The number of aromatic nitrogens is 2. The molecule has 2 aromatic rings. The molecule has 0 radical (unpaired) electrons. The number of hydrogen-bond donors (Lipinski definition) is 2. The highest BCUT2D eigenvalue weighted by Gasteiger charge is 2.17. The number of ether oxygens (including phenoxy) is 1. The summed E-state index contributed by atoms with van der Waals surface area (Å²) in [6.07, 6.45) is 2.04. The summed E-state index contributed by atoms with van der Waals surface area (Å²) in [7, 11) is 0. The van der Waals surface area contributed by atoms with E-state index in [1.807, 2.05) is 0 Å². The molecule has 0 bridgehead atoms. The molecule has 1 unspecified atom stereocenters. The zero-order valence-corrected chi connectivity index (χ0v) is 13.7. The van der Waals surface area contributed by atoms with E-state index in [-0.39, 0.29) is 6.54 Å². The number of anilines is 1. The Morgan fingerprint density at radius 1 is 1.52 bits per heavy atom. The third-order valence-electron chi connectivity index (χ3n) is 2.79. The number of nitrogens with two attached hydrogens (primary N) is 1. The van der Waals surface area contributed by atoms with Crippen molar-refractivity contribution in [2.75, 3.05) is 5.32 Å². The van der Waals surface area contributed by atoms with Crippen LogP contribution in [0.1, 0.15) is 6.92 Å². The zero-order valence-electron chi connectivity index (χ0n) is 12.1. The van der Waals surface area contributed by atoms with Crippen LogP contribution in [0.15, 0.2) is 35.1 Å². The van der Waals surface area contributed by atoms with E-state index in [2.05, 4.69) is 26.3 Å². The third kappa shape index (κ3) is 4.78. The van der Waals surface area contributed by atoms with E-state index >= 15 is 0 Å². The number of benzene rings is 1. The maximum absolute atomic E-state index is 13.0. The van der Waals surface area contributed by atoms with Crippen LogP contribution in [0.2, 0.25) is 0 Å². The molecular weight excluding hydrogens is 371 g/mol. The van der Waals surface area contributed by atoms with Gasteiger partial charge >= 0.3 is 0 Å². The fraction of sp³-hybridized carbons (Fsp3) is 0.214. The second-order valence-corrected chi connectivity index (χ2v) is 5.57.